The third-order valence-electron chi connectivity index (χ3n) is 26.4. The maximum atomic E-state index is 12.2. The van der Waals surface area contributed by atoms with E-state index in [4.69, 9.17) is 6.71 Å². The van der Waals surface area contributed by atoms with Crippen molar-refractivity contribution in [3.05, 3.63) is 11.6 Å². The first kappa shape index (κ1) is 58.8. The summed E-state index contributed by atoms with van der Waals surface area (Å²) in [4.78, 5) is 60.3. The summed E-state index contributed by atoms with van der Waals surface area (Å²) in [7, 11) is -3.00. The number of rotatable bonds is 3. The Labute approximate surface area is 491 Å². The van der Waals surface area contributed by atoms with Crippen LogP contribution in [-0.2, 0) is 24.0 Å². The molecule has 424 valence electrons. The van der Waals surface area contributed by atoms with Crippen molar-refractivity contribution in [2.75, 3.05) is 0 Å². The van der Waals surface area contributed by atoms with Crippen molar-refractivity contribution in [3.8, 4) is 0 Å². The van der Waals surface area contributed by atoms with Gasteiger partial charge in [0, 0.05) is 37.0 Å². The molecule has 11 fully saturated rings. The molecule has 21 atom stereocenters. The van der Waals surface area contributed by atoms with Crippen LogP contribution in [0.15, 0.2) is 11.6 Å². The number of fused-ring (bicyclic) bond motifs is 15. The van der Waals surface area contributed by atoms with Crippen molar-refractivity contribution in [3.63, 3.8) is 0 Å². The first-order chi connectivity index (χ1) is 34.9. The number of carbonyl (C=O) groups excluding carboxylic acids is 5. The normalized spacial score (nSPS) is 50.2. The van der Waals surface area contributed by atoms with Crippen LogP contribution >= 0.6 is 0 Å². The molecule has 11 saturated carbocycles. The van der Waals surface area contributed by atoms with Crippen molar-refractivity contribution < 1.29 is 60.0 Å². The molecule has 1 N–H and O–H groups in total. The predicted molar refractivity (Wildman–Crippen MR) is 312 cm³/mol. The van der Waals surface area contributed by atoms with Gasteiger partial charge in [-0.15, -0.1) is 0 Å². The molecule has 12 aliphatic carbocycles. The Morgan fingerprint density at radius 3 is 1.37 bits per heavy atom. The Kier molecular flexibility index (Phi) is 19.0. The van der Waals surface area contributed by atoms with Gasteiger partial charge in [0.2, 0.25) is 0 Å². The molecule has 0 saturated heterocycles. The minimum absolute atomic E-state index is 0. The molecule has 0 aromatic heterocycles. The maximum Gasteiger partial charge on any atom is 1.00 e. The third-order valence-corrected chi connectivity index (χ3v) is 26.4. The summed E-state index contributed by atoms with van der Waals surface area (Å²) >= 11 is 0. The molecular weight excluding hydrogens is 935 g/mol. The molecule has 0 amide bonds. The van der Waals surface area contributed by atoms with E-state index >= 15 is 0 Å². The van der Waals surface area contributed by atoms with Crippen LogP contribution in [0.2, 0.25) is 0 Å². The van der Waals surface area contributed by atoms with Gasteiger partial charge in [0.05, 0.1) is 7.45 Å². The average molecular weight is 1060 g/mol. The van der Waals surface area contributed by atoms with E-state index < -0.39 is 14.3 Å². The van der Waals surface area contributed by atoms with E-state index in [9.17, 15) is 29.1 Å². The molecule has 6 nitrogen and oxygen atoms in total. The fourth-order valence-electron chi connectivity index (χ4n) is 22.7. The van der Waals surface area contributed by atoms with E-state index in [0.717, 1.165) is 117 Å². The van der Waals surface area contributed by atoms with Gasteiger partial charge in [-0.05, 0) is 272 Å². The Balaban J connectivity index is 0.000000240. The SMILES string of the molecule is C.C.C.C.CC(=O)[C@H]1CC[C@H]2[C@@H]3CCC4=CC(=O)CC[C@]4(C)[C@H]3CC[C@]12C.CC(=O)[C@H]1CC[C@H]2[C@@H]3CC[C@@H]4CC(=O)CC[C@]4(C)[C@H]3CC[C@]12C.[2H][B-]([2H])([2H])[2H].[2H][C@@]1(O)CC[C@@]2(C)[C@H](CC[C@@H]3[C@@H]2CC[C@]2(C)[C@@H](C(C)=O)CC[C@@H]32)C1.[Na+]. The van der Waals surface area contributed by atoms with Crippen LogP contribution in [-0.4, -0.2) is 53.7 Å². The van der Waals surface area contributed by atoms with Gasteiger partial charge in [-0.1, -0.05) is 85.1 Å². The first-order valence-electron chi connectivity index (χ1n) is 32.2. The van der Waals surface area contributed by atoms with Crippen molar-refractivity contribution >= 4 is 37.2 Å². The third kappa shape index (κ3) is 10.8. The second kappa shape index (κ2) is 24.3. The zero-order valence-electron chi connectivity index (χ0n) is 51.6. The summed E-state index contributed by atoms with van der Waals surface area (Å²) in [6, 6.07) is 0. The molecule has 0 radical (unpaired) electrons. The molecule has 12 aliphatic rings. The van der Waals surface area contributed by atoms with Gasteiger partial charge in [0.1, 0.15) is 23.1 Å². The summed E-state index contributed by atoms with van der Waals surface area (Å²) in [6.07, 6.45) is 29.6. The van der Waals surface area contributed by atoms with Crippen LogP contribution in [0.4, 0.5) is 0 Å². The van der Waals surface area contributed by atoms with Gasteiger partial charge in [-0.25, -0.2) is 5.34 Å². The van der Waals surface area contributed by atoms with Gasteiger partial charge < -0.3 is 5.11 Å². The zero-order valence-corrected chi connectivity index (χ0v) is 48.6. The van der Waals surface area contributed by atoms with Crippen molar-refractivity contribution in [2.24, 2.45) is 115 Å². The standard InChI is InChI=1S/C21H34O2.C21H32O2.C21H30O2.4CH4.BH4.Na/c3*1-13(22)17-6-7-18-16-5-4-14-12-15(23)8-10-20(14,2)19(16)9-11-21(17,18)3;;;;;;/h14-19,23H,4-12H2,1-3H3;14,16-19H,4-12H2,1-3H3;12,16-19H,4-11H2,1-3H3;5*1H4;/q;;;;;;;-1;+1/t14-,15-,16+,17-,18+,19+,20+,21-;14-,16+,17-,18+,19+,20+,21-;16-,17+,18-,19-,20-,21+;;;;;;/m110....../s1/i15D;;;;;;;1D4;. The van der Waals surface area contributed by atoms with Crippen molar-refractivity contribution in [1.29, 1.82) is 5.34 Å². The molecule has 0 aromatic rings. The van der Waals surface area contributed by atoms with Gasteiger partial charge in [0.25, 0.3) is 0 Å². The quantitative estimate of drug-likeness (QED) is 0.282. The summed E-state index contributed by atoms with van der Waals surface area (Å²) in [6.45, 7) is 20.1. The molecule has 8 heteroatoms. The predicted octanol–water partition coefficient (Wildman–Crippen LogP) is 12.2. The molecule has 0 aliphatic heterocycles. The Morgan fingerprint density at radius 2 is 0.907 bits per heavy atom. The second-order valence-corrected chi connectivity index (χ2v) is 28.7. The van der Waals surface area contributed by atoms with Gasteiger partial charge in [-0.3, -0.25) is 24.0 Å². The fourth-order valence-corrected chi connectivity index (χ4v) is 22.7. The van der Waals surface area contributed by atoms with E-state index in [-0.39, 0.29) is 80.9 Å². The number of aliphatic hydroxyl groups is 1. The second-order valence-electron chi connectivity index (χ2n) is 28.7. The van der Waals surface area contributed by atoms with Crippen molar-refractivity contribution in [2.45, 2.75) is 265 Å². The topological polar surface area (TPSA) is 106 Å². The summed E-state index contributed by atoms with van der Waals surface area (Å²) in [5, 5.41) is 10.2. The summed E-state index contributed by atoms with van der Waals surface area (Å²) in [5.74, 6) is 11.0. The Hall–Kier alpha value is -0.885. The number of hydrogen-bond acceptors (Lipinski definition) is 6. The Morgan fingerprint density at radius 1 is 0.507 bits per heavy atom. The van der Waals surface area contributed by atoms with Crippen molar-refractivity contribution in [1.82, 2.24) is 0 Å². The molecule has 12 rings (SSSR count). The van der Waals surface area contributed by atoms with Crippen LogP contribution in [0.5, 0.6) is 0 Å². The minimum Gasteiger partial charge on any atom is -0.393 e. The molecule has 0 bridgehead atoms. The summed E-state index contributed by atoms with van der Waals surface area (Å²) in [5.41, 5.74) is 3.15. The van der Waals surface area contributed by atoms with Gasteiger partial charge >= 0.3 is 29.6 Å². The van der Waals surface area contributed by atoms with Crippen LogP contribution < -0.4 is 29.6 Å². The maximum absolute atomic E-state index is 12.2. The zero-order chi connectivity index (χ0) is 54.6. The van der Waals surface area contributed by atoms with E-state index in [1.165, 1.54) is 95.5 Å². The first-order valence-corrected chi connectivity index (χ1v) is 29.4. The van der Waals surface area contributed by atoms with E-state index in [1.807, 2.05) is 13.0 Å². The van der Waals surface area contributed by atoms with E-state index in [2.05, 4.69) is 41.5 Å². The molecule has 0 aromatic carbocycles. The van der Waals surface area contributed by atoms with Crippen LogP contribution in [0.3, 0.4) is 0 Å². The number of hydrogen-bond donors (Lipinski definition) is 1. The number of Topliss-reactive ketones (excluding diaryl/α,β-unsaturated/α-hetero) is 4. The van der Waals surface area contributed by atoms with Gasteiger partial charge in [-0.2, -0.15) is 0 Å². The average Bonchev–Trinajstić information content (AvgIpc) is 4.00. The Bertz CT molecular complexity index is 2260. The number of ketones is 5. The monoisotopic (exact) mass is 1060 g/mol. The molecule has 75 heavy (non-hydrogen) atoms. The summed E-state index contributed by atoms with van der Waals surface area (Å²) < 4.78 is 32.1. The number of carbonyl (C=O) groups is 5. The van der Waals surface area contributed by atoms with Crippen LogP contribution in [0.1, 0.15) is 260 Å². The van der Waals surface area contributed by atoms with Crippen LogP contribution in [0, 0.1) is 115 Å². The van der Waals surface area contributed by atoms with E-state index in [1.54, 1.807) is 13.8 Å². The fraction of sp³-hybridized carbons (Fsp3) is 0.896. The van der Waals surface area contributed by atoms with Crippen LogP contribution in [0.25, 0.3) is 0 Å². The molecule has 0 unspecified atom stereocenters. The van der Waals surface area contributed by atoms with Gasteiger partial charge in [0.15, 0.2) is 5.78 Å². The molecule has 0 heterocycles. The minimum atomic E-state index is -3.00. The molecule has 0 spiro atoms. The number of allylic oxidation sites excluding steroid dienone is 1. The molecular formula is C67H116BNaO6. The smallest absolute Gasteiger partial charge is 0.393 e. The largest absolute Gasteiger partial charge is 1.00 e. The van der Waals surface area contributed by atoms with E-state index in [0.29, 0.717) is 82.2 Å².